The Morgan fingerprint density at radius 1 is 0.328 bits per heavy atom. The molecule has 3 nitrogen and oxygen atoms in total. The van der Waals surface area contributed by atoms with Crippen molar-refractivity contribution in [2.45, 2.75) is 19.3 Å². The summed E-state index contributed by atoms with van der Waals surface area (Å²) in [5.41, 5.74) is 20.8. The molecule has 9 aromatic carbocycles. The molecule has 0 bridgehead atoms. The van der Waals surface area contributed by atoms with Gasteiger partial charge in [0.25, 0.3) is 0 Å². The summed E-state index contributed by atoms with van der Waals surface area (Å²) in [6, 6.07) is 77.9. The highest BCUT2D eigenvalue weighted by Crippen LogP contribution is 2.50. The Balaban J connectivity index is 1.02. The maximum absolute atomic E-state index is 6.64. The average molecular weight is 819 g/mol. The van der Waals surface area contributed by atoms with E-state index in [1.807, 2.05) is 30.3 Å². The van der Waals surface area contributed by atoms with Crippen molar-refractivity contribution < 1.29 is 4.42 Å². The number of hydrogen-bond donors (Lipinski definition) is 0. The van der Waals surface area contributed by atoms with Gasteiger partial charge in [-0.05, 0) is 97.6 Å². The molecule has 0 radical (unpaired) electrons. The largest absolute Gasteiger partial charge is 0.455 e. The van der Waals surface area contributed by atoms with Crippen LogP contribution in [0.15, 0.2) is 223 Å². The van der Waals surface area contributed by atoms with Crippen molar-refractivity contribution in [3.8, 4) is 89.5 Å². The van der Waals surface area contributed by atoms with Crippen molar-refractivity contribution in [2.75, 3.05) is 0 Å². The highest BCUT2D eigenvalue weighted by atomic mass is 16.3. The number of nitrogens with zero attached hydrogens (tertiary/aromatic N) is 2. The lowest BCUT2D eigenvalue weighted by molar-refractivity contribution is 0.660. The zero-order valence-electron chi connectivity index (χ0n) is 35.6. The summed E-state index contributed by atoms with van der Waals surface area (Å²) in [5, 5.41) is 2.20. The van der Waals surface area contributed by atoms with Gasteiger partial charge in [0.1, 0.15) is 11.2 Å². The van der Waals surface area contributed by atoms with E-state index in [0.717, 1.165) is 83.4 Å². The van der Waals surface area contributed by atoms with Gasteiger partial charge in [-0.25, -0.2) is 9.97 Å². The number of fused-ring (bicyclic) bond motifs is 6. The van der Waals surface area contributed by atoms with Gasteiger partial charge in [-0.1, -0.05) is 196 Å². The molecular formula is C61H42N2O. The van der Waals surface area contributed by atoms with Gasteiger partial charge in [0.2, 0.25) is 0 Å². The van der Waals surface area contributed by atoms with Gasteiger partial charge < -0.3 is 4.42 Å². The maximum Gasteiger partial charge on any atom is 0.160 e. The Labute approximate surface area is 373 Å². The smallest absolute Gasteiger partial charge is 0.160 e. The van der Waals surface area contributed by atoms with Crippen LogP contribution in [-0.4, -0.2) is 9.97 Å². The first-order valence-corrected chi connectivity index (χ1v) is 22.0. The van der Waals surface area contributed by atoms with E-state index < -0.39 is 0 Å². The van der Waals surface area contributed by atoms with Gasteiger partial charge in [-0.15, -0.1) is 0 Å². The average Bonchev–Trinajstić information content (AvgIpc) is 3.86. The van der Waals surface area contributed by atoms with E-state index in [4.69, 9.17) is 14.4 Å². The van der Waals surface area contributed by atoms with E-state index in [0.29, 0.717) is 5.82 Å². The fourth-order valence-electron chi connectivity index (χ4n) is 9.86. The second-order valence-corrected chi connectivity index (χ2v) is 17.3. The van der Waals surface area contributed by atoms with Crippen LogP contribution in [-0.2, 0) is 5.41 Å². The minimum atomic E-state index is -0.0260. The Bertz CT molecular complexity index is 3560. The molecule has 0 amide bonds. The minimum Gasteiger partial charge on any atom is -0.455 e. The summed E-state index contributed by atoms with van der Waals surface area (Å²) in [7, 11) is 0. The van der Waals surface area contributed by atoms with Crippen molar-refractivity contribution >= 4 is 21.9 Å². The Morgan fingerprint density at radius 3 is 1.62 bits per heavy atom. The van der Waals surface area contributed by atoms with E-state index >= 15 is 0 Å². The Morgan fingerprint density at radius 2 is 0.859 bits per heavy atom. The first kappa shape index (κ1) is 37.6. The molecule has 1 aliphatic rings. The van der Waals surface area contributed by atoms with Crippen molar-refractivity contribution in [3.05, 3.63) is 230 Å². The summed E-state index contributed by atoms with van der Waals surface area (Å²) in [6.07, 6.45) is 0. The second kappa shape index (κ2) is 15.0. The van der Waals surface area contributed by atoms with Crippen LogP contribution >= 0.6 is 0 Å². The maximum atomic E-state index is 6.64. The van der Waals surface area contributed by atoms with Crippen molar-refractivity contribution in [3.63, 3.8) is 0 Å². The molecular weight excluding hydrogens is 777 g/mol. The molecule has 2 aromatic heterocycles. The Kier molecular flexibility index (Phi) is 8.84. The third-order valence-corrected chi connectivity index (χ3v) is 13.1. The summed E-state index contributed by atoms with van der Waals surface area (Å²) in [4.78, 5) is 10.6. The molecule has 302 valence electrons. The molecule has 0 spiro atoms. The van der Waals surface area contributed by atoms with Crippen LogP contribution in [0, 0.1) is 0 Å². The van der Waals surface area contributed by atoms with Crippen LogP contribution in [0.4, 0.5) is 0 Å². The van der Waals surface area contributed by atoms with Gasteiger partial charge in [0.05, 0.1) is 11.4 Å². The molecule has 2 heterocycles. The van der Waals surface area contributed by atoms with Crippen LogP contribution in [0.5, 0.6) is 0 Å². The highest BCUT2D eigenvalue weighted by Gasteiger charge is 2.35. The van der Waals surface area contributed by atoms with Gasteiger partial charge in [-0.2, -0.15) is 0 Å². The molecule has 0 unspecified atom stereocenters. The molecule has 11 aromatic rings. The van der Waals surface area contributed by atoms with E-state index in [1.165, 1.54) is 33.4 Å². The standard InChI is InChI=1S/C61H42N2O/c1-61(2)54-26-13-11-22-50(54)53-37-43(32-33-55(53)61)39-28-30-41(31-29-39)56-38-57(63-60(62-56)42-18-7-4-8-19-42)46-35-44(48-21-10-9-20-47(48)40-16-5-3-6-17-40)34-45(36-46)49-24-15-25-52-51-23-12-14-27-58(51)64-59(49)52/h3-38H,1-2H3. The fraction of sp³-hybridized carbons (Fsp3) is 0.0492. The zero-order chi connectivity index (χ0) is 42.8. The molecule has 0 saturated carbocycles. The lowest BCUT2D eigenvalue weighted by Crippen LogP contribution is -2.14. The van der Waals surface area contributed by atoms with Crippen LogP contribution in [0.3, 0.4) is 0 Å². The number of benzene rings is 9. The van der Waals surface area contributed by atoms with Gasteiger partial charge in [0, 0.05) is 38.4 Å². The van der Waals surface area contributed by atoms with Crippen molar-refractivity contribution in [1.82, 2.24) is 9.97 Å². The molecule has 0 aliphatic heterocycles. The van der Waals surface area contributed by atoms with Crippen LogP contribution in [0.1, 0.15) is 25.0 Å². The second-order valence-electron chi connectivity index (χ2n) is 17.3. The van der Waals surface area contributed by atoms with E-state index in [2.05, 4.69) is 202 Å². The third kappa shape index (κ3) is 6.36. The SMILES string of the molecule is CC1(C)c2ccccc2-c2cc(-c3ccc(-c4cc(-c5cc(-c6ccccc6-c6ccccc6)cc(-c6cccc7c6oc6ccccc67)c5)nc(-c5ccccc5)n4)cc3)ccc21. The minimum absolute atomic E-state index is 0.0260. The lowest BCUT2D eigenvalue weighted by Gasteiger charge is -2.21. The van der Waals surface area contributed by atoms with Gasteiger partial charge in [0.15, 0.2) is 5.82 Å². The fourth-order valence-corrected chi connectivity index (χ4v) is 9.86. The number of furan rings is 1. The lowest BCUT2D eigenvalue weighted by atomic mass is 9.82. The van der Waals surface area contributed by atoms with Crippen molar-refractivity contribution in [1.29, 1.82) is 0 Å². The number of aromatic nitrogens is 2. The number of rotatable bonds is 7. The van der Waals surface area contributed by atoms with Crippen molar-refractivity contribution in [2.24, 2.45) is 0 Å². The topological polar surface area (TPSA) is 38.9 Å². The van der Waals surface area contributed by atoms with E-state index in [9.17, 15) is 0 Å². The molecule has 0 fully saturated rings. The normalized spacial score (nSPS) is 12.7. The van der Waals surface area contributed by atoms with Gasteiger partial charge in [-0.3, -0.25) is 0 Å². The number of hydrogen-bond acceptors (Lipinski definition) is 3. The molecule has 0 atom stereocenters. The van der Waals surface area contributed by atoms with E-state index in [-0.39, 0.29) is 5.41 Å². The predicted octanol–water partition coefficient (Wildman–Crippen LogP) is 16.4. The predicted molar refractivity (Wildman–Crippen MR) is 265 cm³/mol. The monoisotopic (exact) mass is 818 g/mol. The van der Waals surface area contributed by atoms with Crippen LogP contribution in [0.2, 0.25) is 0 Å². The highest BCUT2D eigenvalue weighted by molar-refractivity contribution is 6.10. The first-order chi connectivity index (χ1) is 31.5. The quantitative estimate of drug-likeness (QED) is 0.161. The number of para-hydroxylation sites is 2. The van der Waals surface area contributed by atoms with Crippen LogP contribution < -0.4 is 0 Å². The molecule has 1 aliphatic carbocycles. The molecule has 64 heavy (non-hydrogen) atoms. The first-order valence-electron chi connectivity index (χ1n) is 22.0. The Hall–Kier alpha value is -8.14. The zero-order valence-corrected chi connectivity index (χ0v) is 35.6. The van der Waals surface area contributed by atoms with Crippen LogP contribution in [0.25, 0.3) is 111 Å². The third-order valence-electron chi connectivity index (χ3n) is 13.1. The molecule has 0 saturated heterocycles. The molecule has 12 rings (SSSR count). The summed E-state index contributed by atoms with van der Waals surface area (Å²) in [5.74, 6) is 0.674. The summed E-state index contributed by atoms with van der Waals surface area (Å²) >= 11 is 0. The summed E-state index contributed by atoms with van der Waals surface area (Å²) < 4.78 is 6.64. The van der Waals surface area contributed by atoms with E-state index in [1.54, 1.807) is 0 Å². The molecule has 0 N–H and O–H groups in total. The van der Waals surface area contributed by atoms with Gasteiger partial charge >= 0.3 is 0 Å². The summed E-state index contributed by atoms with van der Waals surface area (Å²) in [6.45, 7) is 4.65. The molecule has 3 heteroatoms.